The van der Waals surface area contributed by atoms with Crippen molar-refractivity contribution in [2.75, 3.05) is 25.6 Å². The third-order valence-electron chi connectivity index (χ3n) is 5.91. The number of para-hydroxylation sites is 1. The quantitative estimate of drug-likeness (QED) is 0.265. The molecule has 0 radical (unpaired) electrons. The van der Waals surface area contributed by atoms with Crippen molar-refractivity contribution in [2.45, 2.75) is 13.5 Å². The number of amides is 2. The van der Waals surface area contributed by atoms with Crippen LogP contribution in [0.1, 0.15) is 16.8 Å². The first-order valence-corrected chi connectivity index (χ1v) is 12.7. The molecule has 1 N–H and O–H groups in total. The second-order valence-electron chi connectivity index (χ2n) is 8.56. The lowest BCUT2D eigenvalue weighted by atomic mass is 10.1. The van der Waals surface area contributed by atoms with Crippen LogP contribution in [0.5, 0.6) is 11.5 Å². The minimum absolute atomic E-state index is 0.0421. The normalized spacial score (nSPS) is 11.0. The van der Waals surface area contributed by atoms with Crippen LogP contribution in [0.2, 0.25) is 10.0 Å². The van der Waals surface area contributed by atoms with Gasteiger partial charge in [0.2, 0.25) is 11.8 Å². The standard InChI is InChI=1S/C29H26Cl2N4O4/c1-18-14-25(38-3)20-7-4-8-24(29(20)34-18)39-17-21-22(30)10-11-23(28(21)31)35(2)27(37)16-33-26(36)12-9-19-6-5-13-32-15-19/h4-15H,16-17H2,1-3H3,(H,33,36)/b12-9+. The highest BCUT2D eigenvalue weighted by atomic mass is 35.5. The van der Waals surface area contributed by atoms with Crippen LogP contribution in [0.3, 0.4) is 0 Å². The molecule has 200 valence electrons. The second kappa shape index (κ2) is 12.6. The summed E-state index contributed by atoms with van der Waals surface area (Å²) in [4.78, 5) is 34.9. The minimum Gasteiger partial charge on any atom is -0.496 e. The first-order valence-electron chi connectivity index (χ1n) is 11.9. The van der Waals surface area contributed by atoms with Gasteiger partial charge >= 0.3 is 0 Å². The summed E-state index contributed by atoms with van der Waals surface area (Å²) >= 11 is 13.2. The Bertz CT molecular complexity index is 1540. The number of nitrogens with zero attached hydrogens (tertiary/aromatic N) is 3. The van der Waals surface area contributed by atoms with E-state index in [0.717, 1.165) is 16.6 Å². The number of aryl methyl sites for hydroxylation is 1. The molecule has 0 saturated carbocycles. The zero-order valence-electron chi connectivity index (χ0n) is 21.6. The topological polar surface area (TPSA) is 93.7 Å². The minimum atomic E-state index is -0.410. The first kappa shape index (κ1) is 27.9. The van der Waals surface area contributed by atoms with Gasteiger partial charge in [0.15, 0.2) is 0 Å². The number of ether oxygens (including phenoxy) is 2. The fraction of sp³-hybridized carbons (Fsp3) is 0.172. The lowest BCUT2D eigenvalue weighted by molar-refractivity contribution is -0.122. The van der Waals surface area contributed by atoms with Gasteiger partial charge in [-0.15, -0.1) is 0 Å². The van der Waals surface area contributed by atoms with Gasteiger partial charge in [0, 0.05) is 53.2 Å². The average molecular weight is 565 g/mol. The molecule has 0 bridgehead atoms. The van der Waals surface area contributed by atoms with E-state index in [0.29, 0.717) is 33.3 Å². The van der Waals surface area contributed by atoms with Gasteiger partial charge < -0.3 is 19.7 Å². The summed E-state index contributed by atoms with van der Waals surface area (Å²) < 4.78 is 11.6. The molecular weight excluding hydrogens is 539 g/mol. The summed E-state index contributed by atoms with van der Waals surface area (Å²) in [5.74, 6) is 0.460. The highest BCUT2D eigenvalue weighted by molar-refractivity contribution is 6.38. The van der Waals surface area contributed by atoms with Crippen LogP contribution in [0.25, 0.3) is 17.0 Å². The lowest BCUT2D eigenvalue weighted by Crippen LogP contribution is -2.37. The van der Waals surface area contributed by atoms with Crippen LogP contribution in [-0.2, 0) is 16.2 Å². The highest BCUT2D eigenvalue weighted by Crippen LogP contribution is 2.36. The van der Waals surface area contributed by atoms with Crippen LogP contribution in [0.15, 0.2) is 67.0 Å². The summed E-state index contributed by atoms with van der Waals surface area (Å²) in [7, 11) is 3.18. The number of anilines is 1. The van der Waals surface area contributed by atoms with Gasteiger partial charge in [-0.25, -0.2) is 4.98 Å². The molecular formula is C29H26Cl2N4O4. The molecule has 2 amide bonds. The van der Waals surface area contributed by atoms with Crippen LogP contribution in [-0.4, -0.2) is 42.5 Å². The van der Waals surface area contributed by atoms with Crippen LogP contribution in [0.4, 0.5) is 5.69 Å². The molecule has 39 heavy (non-hydrogen) atoms. The zero-order valence-corrected chi connectivity index (χ0v) is 23.1. The van der Waals surface area contributed by atoms with E-state index in [4.69, 9.17) is 32.7 Å². The van der Waals surface area contributed by atoms with E-state index in [2.05, 4.69) is 15.3 Å². The van der Waals surface area contributed by atoms with Crippen LogP contribution in [0, 0.1) is 6.92 Å². The van der Waals surface area contributed by atoms with E-state index >= 15 is 0 Å². The molecule has 0 spiro atoms. The Balaban J connectivity index is 1.46. The predicted molar refractivity (Wildman–Crippen MR) is 154 cm³/mol. The molecule has 8 nitrogen and oxygen atoms in total. The maximum absolute atomic E-state index is 12.8. The molecule has 2 heterocycles. The third-order valence-corrected chi connectivity index (χ3v) is 6.69. The Kier molecular flexibility index (Phi) is 9.01. The Morgan fingerprint density at radius 1 is 1.10 bits per heavy atom. The smallest absolute Gasteiger partial charge is 0.246 e. The predicted octanol–water partition coefficient (Wildman–Crippen LogP) is 5.63. The number of rotatable bonds is 9. The van der Waals surface area contributed by atoms with Crippen molar-refractivity contribution in [2.24, 2.45) is 0 Å². The van der Waals surface area contributed by atoms with E-state index in [-0.39, 0.29) is 24.1 Å². The van der Waals surface area contributed by atoms with Crippen molar-refractivity contribution in [3.8, 4) is 11.5 Å². The fourth-order valence-corrected chi connectivity index (χ4v) is 4.45. The summed E-state index contributed by atoms with van der Waals surface area (Å²) in [5.41, 5.74) is 3.15. The number of aromatic nitrogens is 2. The largest absolute Gasteiger partial charge is 0.496 e. The molecule has 0 unspecified atom stereocenters. The molecule has 10 heteroatoms. The maximum Gasteiger partial charge on any atom is 0.246 e. The number of fused-ring (bicyclic) bond motifs is 1. The number of hydrogen-bond acceptors (Lipinski definition) is 6. The van der Waals surface area contributed by atoms with Crippen molar-refractivity contribution < 1.29 is 19.1 Å². The second-order valence-corrected chi connectivity index (χ2v) is 9.34. The van der Waals surface area contributed by atoms with E-state index in [9.17, 15) is 9.59 Å². The van der Waals surface area contributed by atoms with Crippen molar-refractivity contribution in [1.82, 2.24) is 15.3 Å². The molecule has 2 aromatic carbocycles. The SMILES string of the molecule is COc1cc(C)nc2c(OCc3c(Cl)ccc(N(C)C(=O)CNC(=O)/C=C/c4cccnc4)c3Cl)cccc12. The van der Waals surface area contributed by atoms with Gasteiger partial charge in [0.1, 0.15) is 23.6 Å². The number of methoxy groups -OCH3 is 1. The van der Waals surface area contributed by atoms with Gasteiger partial charge in [-0.2, -0.15) is 0 Å². The monoisotopic (exact) mass is 564 g/mol. The first-order chi connectivity index (χ1) is 18.8. The van der Waals surface area contributed by atoms with Crippen molar-refractivity contribution in [3.05, 3.63) is 93.9 Å². The lowest BCUT2D eigenvalue weighted by Gasteiger charge is -2.21. The molecule has 0 fully saturated rings. The fourth-order valence-electron chi connectivity index (χ4n) is 3.85. The third kappa shape index (κ3) is 6.66. The maximum atomic E-state index is 12.8. The molecule has 0 aliphatic heterocycles. The van der Waals surface area contributed by atoms with Crippen LogP contribution < -0.4 is 19.7 Å². The molecule has 2 aromatic heterocycles. The number of likely N-dealkylation sites (N-methyl/N-ethyl adjacent to an activating group) is 1. The number of carbonyl (C=O) groups is 2. The summed E-state index contributed by atoms with van der Waals surface area (Å²) in [6, 6.07) is 14.3. The molecule has 0 aliphatic carbocycles. The number of hydrogen-bond donors (Lipinski definition) is 1. The number of halogens is 2. The summed E-state index contributed by atoms with van der Waals surface area (Å²) in [6.45, 7) is 1.70. The van der Waals surface area contributed by atoms with Crippen molar-refractivity contribution >= 4 is 57.7 Å². The van der Waals surface area contributed by atoms with Gasteiger partial charge in [-0.3, -0.25) is 14.6 Å². The molecule has 4 aromatic rings. The summed E-state index contributed by atoms with van der Waals surface area (Å²) in [5, 5.41) is 4.05. The van der Waals surface area contributed by atoms with Crippen molar-refractivity contribution in [1.29, 1.82) is 0 Å². The Morgan fingerprint density at radius 2 is 1.92 bits per heavy atom. The number of benzene rings is 2. The van der Waals surface area contributed by atoms with Gasteiger partial charge in [-0.1, -0.05) is 35.3 Å². The van der Waals surface area contributed by atoms with E-state index in [1.54, 1.807) is 56.9 Å². The van der Waals surface area contributed by atoms with E-state index in [1.165, 1.54) is 11.0 Å². The molecule has 4 rings (SSSR count). The molecule has 0 saturated heterocycles. The van der Waals surface area contributed by atoms with Gasteiger partial charge in [0.25, 0.3) is 0 Å². The number of carbonyl (C=O) groups excluding carboxylic acids is 2. The van der Waals surface area contributed by atoms with E-state index in [1.807, 2.05) is 31.2 Å². The molecule has 0 aliphatic rings. The van der Waals surface area contributed by atoms with Gasteiger partial charge in [0.05, 0.1) is 24.4 Å². The summed E-state index contributed by atoms with van der Waals surface area (Å²) in [6.07, 6.45) is 6.22. The average Bonchev–Trinajstić information content (AvgIpc) is 2.94. The highest BCUT2D eigenvalue weighted by Gasteiger charge is 2.19. The number of pyridine rings is 2. The van der Waals surface area contributed by atoms with Crippen LogP contribution >= 0.6 is 23.2 Å². The number of nitrogens with one attached hydrogen (secondary N) is 1. The van der Waals surface area contributed by atoms with Gasteiger partial charge in [-0.05, 0) is 48.9 Å². The Morgan fingerprint density at radius 3 is 2.67 bits per heavy atom. The zero-order chi connectivity index (χ0) is 27.9. The van der Waals surface area contributed by atoms with E-state index < -0.39 is 5.91 Å². The van der Waals surface area contributed by atoms with Crippen molar-refractivity contribution in [3.63, 3.8) is 0 Å². The Labute approximate surface area is 236 Å². The molecule has 0 atom stereocenters. The Hall–Kier alpha value is -4.14.